The van der Waals surface area contributed by atoms with Gasteiger partial charge in [0.15, 0.2) is 0 Å². The van der Waals surface area contributed by atoms with Crippen LogP contribution >= 0.6 is 0 Å². The van der Waals surface area contributed by atoms with Gasteiger partial charge in [-0.1, -0.05) is 0 Å². The zero-order valence-corrected chi connectivity index (χ0v) is 6.70. The first-order valence-corrected chi connectivity index (χ1v) is 3.31. The SMILES string of the molecule is NC(CCC(=O)O)C(=O)[O][Fe]. The van der Waals surface area contributed by atoms with E-state index < -0.39 is 18.0 Å². The number of aliphatic carboxylic acids is 1. The Morgan fingerprint density at radius 2 is 2.18 bits per heavy atom. The molecule has 65 valence electrons. The summed E-state index contributed by atoms with van der Waals surface area (Å²) in [6.45, 7) is 0. The molecule has 3 N–H and O–H groups in total. The summed E-state index contributed by atoms with van der Waals surface area (Å²) < 4.78 is 4.04. The average Bonchev–Trinajstić information content (AvgIpc) is 1.98. The van der Waals surface area contributed by atoms with Crippen molar-refractivity contribution in [1.82, 2.24) is 0 Å². The van der Waals surface area contributed by atoms with E-state index in [1.54, 1.807) is 0 Å². The average molecular weight is 202 g/mol. The number of carboxylic acids is 1. The Kier molecular flexibility index (Phi) is 4.85. The van der Waals surface area contributed by atoms with Gasteiger partial charge in [0, 0.05) is 0 Å². The van der Waals surface area contributed by atoms with E-state index in [4.69, 9.17) is 10.8 Å². The molecule has 0 saturated heterocycles. The van der Waals surface area contributed by atoms with Crippen LogP contribution in [0.4, 0.5) is 0 Å². The first kappa shape index (κ1) is 10.4. The summed E-state index contributed by atoms with van der Waals surface area (Å²) in [4.78, 5) is 20.5. The summed E-state index contributed by atoms with van der Waals surface area (Å²) in [5, 5.41) is 8.19. The Balaban J connectivity index is 3.60. The van der Waals surface area contributed by atoms with Gasteiger partial charge in [-0.3, -0.25) is 0 Å². The molecule has 0 aliphatic heterocycles. The third-order valence-corrected chi connectivity index (χ3v) is 1.27. The summed E-state index contributed by atoms with van der Waals surface area (Å²) in [6.07, 6.45) is -0.0695. The van der Waals surface area contributed by atoms with Gasteiger partial charge < -0.3 is 0 Å². The van der Waals surface area contributed by atoms with Crippen molar-refractivity contribution in [3.05, 3.63) is 0 Å². The Morgan fingerprint density at radius 3 is 2.55 bits per heavy atom. The van der Waals surface area contributed by atoms with Gasteiger partial charge in [-0.2, -0.15) is 0 Å². The number of carboxylic acid groups (broad SMARTS) is 1. The van der Waals surface area contributed by atoms with Crippen molar-refractivity contribution in [3.63, 3.8) is 0 Å². The monoisotopic (exact) mass is 202 g/mol. The standard InChI is InChI=1S/C5H9NO4.Fe/c6-3(5(9)10)1-2-4(7)8;/h3H,1-2,6H2,(H,7,8)(H,9,10);/q;+1/p-1. The van der Waals surface area contributed by atoms with Crippen molar-refractivity contribution in [2.45, 2.75) is 18.9 Å². The van der Waals surface area contributed by atoms with E-state index in [2.05, 4.69) is 20.2 Å². The molecule has 0 radical (unpaired) electrons. The third-order valence-electron chi connectivity index (χ3n) is 1.04. The summed E-state index contributed by atoms with van der Waals surface area (Å²) in [7, 11) is 0. The van der Waals surface area contributed by atoms with Crippen LogP contribution in [0.25, 0.3) is 0 Å². The van der Waals surface area contributed by atoms with Gasteiger partial charge in [-0.15, -0.1) is 0 Å². The molecule has 0 amide bonds. The van der Waals surface area contributed by atoms with E-state index >= 15 is 0 Å². The van der Waals surface area contributed by atoms with Gasteiger partial charge in [-0.05, 0) is 0 Å². The minimum absolute atomic E-state index is 0.0731. The number of carbonyl (C=O) groups excluding carboxylic acids is 1. The molecule has 1 atom stereocenters. The Labute approximate surface area is 72.0 Å². The van der Waals surface area contributed by atoms with Crippen LogP contribution in [0.5, 0.6) is 0 Å². The fourth-order valence-electron chi connectivity index (χ4n) is 0.450. The van der Waals surface area contributed by atoms with Crippen molar-refractivity contribution in [2.75, 3.05) is 0 Å². The minimum atomic E-state index is -0.989. The van der Waals surface area contributed by atoms with Crippen molar-refractivity contribution >= 4 is 11.9 Å². The second-order valence-corrected chi connectivity index (χ2v) is 2.16. The van der Waals surface area contributed by atoms with Crippen LogP contribution in [0.3, 0.4) is 0 Å². The predicted molar refractivity (Wildman–Crippen MR) is 30.9 cm³/mol. The summed E-state index contributed by atoms with van der Waals surface area (Å²) in [6, 6.07) is -0.886. The van der Waals surface area contributed by atoms with Gasteiger partial charge >= 0.3 is 71.4 Å². The van der Waals surface area contributed by atoms with Crippen LogP contribution in [0, 0.1) is 0 Å². The van der Waals surface area contributed by atoms with Gasteiger partial charge in [0.25, 0.3) is 0 Å². The number of nitrogens with two attached hydrogens (primary N) is 1. The number of hydrogen-bond donors (Lipinski definition) is 2. The number of hydrogen-bond acceptors (Lipinski definition) is 4. The van der Waals surface area contributed by atoms with Crippen molar-refractivity contribution < 1.29 is 34.9 Å². The van der Waals surface area contributed by atoms with E-state index in [9.17, 15) is 9.59 Å². The predicted octanol–water partition coefficient (Wildman–Crippen LogP) is -0.816. The molecular formula is C5H8FeNO4. The molecule has 0 saturated carbocycles. The second kappa shape index (κ2) is 5.12. The number of rotatable bonds is 4. The van der Waals surface area contributed by atoms with Crippen LogP contribution in [0.15, 0.2) is 0 Å². The summed E-state index contributed by atoms with van der Waals surface area (Å²) in [5.41, 5.74) is 5.20. The molecule has 0 fully saturated rings. The summed E-state index contributed by atoms with van der Waals surface area (Å²) in [5.74, 6) is -1.68. The van der Waals surface area contributed by atoms with Gasteiger partial charge in [0.05, 0.1) is 0 Å². The van der Waals surface area contributed by atoms with Crippen LogP contribution in [-0.2, 0) is 29.8 Å². The Bertz CT molecular complexity index is 161. The van der Waals surface area contributed by atoms with Crippen LogP contribution < -0.4 is 5.73 Å². The molecule has 0 aliphatic carbocycles. The summed E-state index contributed by atoms with van der Waals surface area (Å²) >= 11 is 2.86. The van der Waals surface area contributed by atoms with E-state index in [-0.39, 0.29) is 12.8 Å². The van der Waals surface area contributed by atoms with Crippen molar-refractivity contribution in [2.24, 2.45) is 5.73 Å². The molecule has 0 bridgehead atoms. The third kappa shape index (κ3) is 4.78. The molecule has 6 heteroatoms. The maximum atomic E-state index is 10.5. The number of carbonyl (C=O) groups is 2. The molecule has 0 aromatic rings. The quantitative estimate of drug-likeness (QED) is 0.581. The maximum absolute atomic E-state index is 10.5. The molecule has 0 rings (SSSR count). The zero-order valence-electron chi connectivity index (χ0n) is 5.59. The van der Waals surface area contributed by atoms with E-state index in [1.165, 1.54) is 0 Å². The van der Waals surface area contributed by atoms with Crippen LogP contribution in [0.2, 0.25) is 0 Å². The van der Waals surface area contributed by atoms with E-state index in [1.807, 2.05) is 0 Å². The van der Waals surface area contributed by atoms with Crippen molar-refractivity contribution in [1.29, 1.82) is 0 Å². The van der Waals surface area contributed by atoms with Crippen molar-refractivity contribution in [3.8, 4) is 0 Å². The molecule has 0 spiro atoms. The van der Waals surface area contributed by atoms with Gasteiger partial charge in [-0.25, -0.2) is 0 Å². The van der Waals surface area contributed by atoms with Gasteiger partial charge in [0.2, 0.25) is 0 Å². The van der Waals surface area contributed by atoms with Crippen LogP contribution in [-0.4, -0.2) is 23.1 Å². The van der Waals surface area contributed by atoms with E-state index in [0.717, 1.165) is 0 Å². The molecule has 1 unspecified atom stereocenters. The molecule has 5 nitrogen and oxygen atoms in total. The Morgan fingerprint density at radius 1 is 1.64 bits per heavy atom. The molecule has 11 heavy (non-hydrogen) atoms. The molecule has 0 aromatic heterocycles. The molecule has 0 heterocycles. The fourth-order valence-corrected chi connectivity index (χ4v) is 0.617. The topological polar surface area (TPSA) is 89.6 Å². The zero-order chi connectivity index (χ0) is 8.85. The van der Waals surface area contributed by atoms with Gasteiger partial charge in [0.1, 0.15) is 0 Å². The molecular weight excluding hydrogens is 194 g/mol. The first-order valence-electron chi connectivity index (χ1n) is 2.86. The van der Waals surface area contributed by atoms with Crippen LogP contribution in [0.1, 0.15) is 12.8 Å². The second-order valence-electron chi connectivity index (χ2n) is 1.93. The fraction of sp³-hybridized carbons (Fsp3) is 0.600. The normalized spacial score (nSPS) is 12.2. The van der Waals surface area contributed by atoms with E-state index in [0.29, 0.717) is 0 Å². The molecule has 0 aliphatic rings. The molecule has 0 aromatic carbocycles. The first-order chi connectivity index (χ1) is 5.07. The Hall–Kier alpha value is -0.581.